The highest BCUT2D eigenvalue weighted by Gasteiger charge is 2.23. The number of rotatable bonds is 8. The Hall–Kier alpha value is -1.40. The van der Waals surface area contributed by atoms with Gasteiger partial charge in [-0.05, 0) is 23.5 Å². The standard InChI is InChI=1S/C18H30N2O3S/c1-6-7-14-24(22,23)19-12-13-20(15(2)21)17-11-9-8-10-16(17)18(3,4)5/h8-11,19H,6-7,12-14H2,1-5H3. The number of nitrogens with one attached hydrogen (secondary N) is 1. The number of benzene rings is 1. The molecule has 24 heavy (non-hydrogen) atoms. The van der Waals surface area contributed by atoms with E-state index in [1.165, 1.54) is 6.92 Å². The Bertz CT molecular complexity index is 648. The number of hydrogen-bond donors (Lipinski definition) is 1. The first kappa shape index (κ1) is 20.6. The van der Waals surface area contributed by atoms with Gasteiger partial charge in [-0.25, -0.2) is 13.1 Å². The van der Waals surface area contributed by atoms with E-state index in [9.17, 15) is 13.2 Å². The summed E-state index contributed by atoms with van der Waals surface area (Å²) in [4.78, 5) is 13.7. The van der Waals surface area contributed by atoms with Crippen LogP contribution >= 0.6 is 0 Å². The van der Waals surface area contributed by atoms with E-state index in [-0.39, 0.29) is 23.6 Å². The molecule has 0 aromatic heterocycles. The maximum atomic E-state index is 12.1. The van der Waals surface area contributed by atoms with Crippen LogP contribution in [-0.4, -0.2) is 33.2 Å². The summed E-state index contributed by atoms with van der Waals surface area (Å²) >= 11 is 0. The lowest BCUT2D eigenvalue weighted by Gasteiger charge is -2.29. The zero-order valence-corrected chi connectivity index (χ0v) is 16.2. The second-order valence-electron chi connectivity index (χ2n) is 7.00. The molecular formula is C18H30N2O3S. The topological polar surface area (TPSA) is 66.5 Å². The van der Waals surface area contributed by atoms with Crippen molar-refractivity contribution < 1.29 is 13.2 Å². The Balaban J connectivity index is 2.89. The van der Waals surface area contributed by atoms with E-state index in [0.29, 0.717) is 13.0 Å². The predicted octanol–water partition coefficient (Wildman–Crippen LogP) is 3.06. The van der Waals surface area contributed by atoms with Crippen molar-refractivity contribution in [1.82, 2.24) is 4.72 Å². The molecule has 0 saturated carbocycles. The van der Waals surface area contributed by atoms with Crippen molar-refractivity contribution in [3.63, 3.8) is 0 Å². The summed E-state index contributed by atoms with van der Waals surface area (Å²) in [6, 6.07) is 7.77. The lowest BCUT2D eigenvalue weighted by Crippen LogP contribution is -2.39. The average molecular weight is 355 g/mol. The molecule has 5 nitrogen and oxygen atoms in total. The molecule has 0 aliphatic carbocycles. The number of carbonyl (C=O) groups is 1. The Kier molecular flexibility index (Phi) is 7.42. The predicted molar refractivity (Wildman–Crippen MR) is 99.9 cm³/mol. The summed E-state index contributed by atoms with van der Waals surface area (Å²) in [5, 5.41) is 0. The van der Waals surface area contributed by atoms with Crippen LogP contribution in [0.1, 0.15) is 53.0 Å². The molecule has 0 atom stereocenters. The van der Waals surface area contributed by atoms with Gasteiger partial charge in [-0.2, -0.15) is 0 Å². The second-order valence-corrected chi connectivity index (χ2v) is 8.93. The summed E-state index contributed by atoms with van der Waals surface area (Å²) in [7, 11) is -3.27. The molecule has 0 aliphatic heterocycles. The number of amides is 1. The fourth-order valence-corrected chi connectivity index (χ4v) is 3.73. The van der Waals surface area contributed by atoms with Crippen LogP contribution < -0.4 is 9.62 Å². The van der Waals surface area contributed by atoms with E-state index < -0.39 is 10.0 Å². The smallest absolute Gasteiger partial charge is 0.223 e. The number of nitrogens with zero attached hydrogens (tertiary/aromatic N) is 1. The van der Waals surface area contributed by atoms with E-state index >= 15 is 0 Å². The van der Waals surface area contributed by atoms with Crippen LogP contribution in [0.3, 0.4) is 0 Å². The molecule has 136 valence electrons. The molecule has 0 saturated heterocycles. The average Bonchev–Trinajstić information content (AvgIpc) is 2.48. The minimum Gasteiger partial charge on any atom is -0.311 e. The quantitative estimate of drug-likeness (QED) is 0.780. The zero-order chi connectivity index (χ0) is 18.4. The third kappa shape index (κ3) is 6.24. The molecule has 0 aliphatic rings. The molecule has 0 bridgehead atoms. The maximum Gasteiger partial charge on any atom is 0.223 e. The van der Waals surface area contributed by atoms with Crippen molar-refractivity contribution in [1.29, 1.82) is 0 Å². The van der Waals surface area contributed by atoms with E-state index in [0.717, 1.165) is 17.7 Å². The van der Waals surface area contributed by atoms with E-state index in [2.05, 4.69) is 25.5 Å². The molecule has 1 aromatic carbocycles. The summed E-state index contributed by atoms with van der Waals surface area (Å²) < 4.78 is 26.4. The molecule has 0 spiro atoms. The first-order valence-electron chi connectivity index (χ1n) is 8.43. The minimum absolute atomic E-state index is 0.0977. The number of carbonyl (C=O) groups excluding carboxylic acids is 1. The van der Waals surface area contributed by atoms with Crippen LogP contribution in [0.15, 0.2) is 24.3 Å². The normalized spacial score (nSPS) is 12.2. The van der Waals surface area contributed by atoms with E-state index in [1.807, 2.05) is 31.2 Å². The summed E-state index contributed by atoms with van der Waals surface area (Å²) in [5.41, 5.74) is 1.80. The molecule has 0 heterocycles. The van der Waals surface area contributed by atoms with Gasteiger partial charge in [0.05, 0.1) is 5.75 Å². The van der Waals surface area contributed by atoms with Gasteiger partial charge in [-0.15, -0.1) is 0 Å². The lowest BCUT2D eigenvalue weighted by atomic mass is 9.85. The molecule has 1 rings (SSSR count). The fraction of sp³-hybridized carbons (Fsp3) is 0.611. The molecule has 1 aromatic rings. The van der Waals surface area contributed by atoms with Gasteiger partial charge in [0.2, 0.25) is 15.9 Å². The molecule has 1 N–H and O–H groups in total. The molecule has 0 unspecified atom stereocenters. The zero-order valence-electron chi connectivity index (χ0n) is 15.4. The van der Waals surface area contributed by atoms with Gasteiger partial charge in [-0.3, -0.25) is 4.79 Å². The number of para-hydroxylation sites is 1. The Morgan fingerprint density at radius 3 is 2.38 bits per heavy atom. The first-order valence-corrected chi connectivity index (χ1v) is 10.1. The molecular weight excluding hydrogens is 324 g/mol. The van der Waals surface area contributed by atoms with Crippen molar-refractivity contribution in [2.24, 2.45) is 0 Å². The highest BCUT2D eigenvalue weighted by Crippen LogP contribution is 2.31. The van der Waals surface area contributed by atoms with Crippen LogP contribution in [0, 0.1) is 0 Å². The summed E-state index contributed by atoms with van der Waals surface area (Å²) in [5.74, 6) is 0.0294. The van der Waals surface area contributed by atoms with Gasteiger partial charge in [-0.1, -0.05) is 52.3 Å². The molecule has 0 fully saturated rings. The van der Waals surface area contributed by atoms with Crippen molar-refractivity contribution in [2.75, 3.05) is 23.7 Å². The van der Waals surface area contributed by atoms with Crippen LogP contribution in [0.25, 0.3) is 0 Å². The molecule has 0 radical (unpaired) electrons. The Labute approximate surface area is 146 Å². The number of sulfonamides is 1. The third-order valence-corrected chi connectivity index (χ3v) is 5.28. The van der Waals surface area contributed by atoms with Gasteiger partial charge in [0.1, 0.15) is 0 Å². The number of anilines is 1. The van der Waals surface area contributed by atoms with Crippen LogP contribution in [-0.2, 0) is 20.2 Å². The SMILES string of the molecule is CCCCS(=O)(=O)NCCN(C(C)=O)c1ccccc1C(C)(C)C. The van der Waals surface area contributed by atoms with E-state index in [1.54, 1.807) is 4.90 Å². The highest BCUT2D eigenvalue weighted by molar-refractivity contribution is 7.89. The van der Waals surface area contributed by atoms with Gasteiger partial charge < -0.3 is 4.90 Å². The van der Waals surface area contributed by atoms with Gasteiger partial charge in [0, 0.05) is 25.7 Å². The van der Waals surface area contributed by atoms with Gasteiger partial charge in [0.15, 0.2) is 0 Å². The van der Waals surface area contributed by atoms with Gasteiger partial charge >= 0.3 is 0 Å². The van der Waals surface area contributed by atoms with Crippen molar-refractivity contribution in [3.05, 3.63) is 29.8 Å². The third-order valence-electron chi connectivity index (χ3n) is 3.81. The van der Waals surface area contributed by atoms with Crippen LogP contribution in [0.4, 0.5) is 5.69 Å². The Morgan fingerprint density at radius 1 is 1.21 bits per heavy atom. The highest BCUT2D eigenvalue weighted by atomic mass is 32.2. The Morgan fingerprint density at radius 2 is 1.83 bits per heavy atom. The van der Waals surface area contributed by atoms with E-state index in [4.69, 9.17) is 0 Å². The minimum atomic E-state index is -3.27. The van der Waals surface area contributed by atoms with Gasteiger partial charge in [0.25, 0.3) is 0 Å². The van der Waals surface area contributed by atoms with Crippen LogP contribution in [0.5, 0.6) is 0 Å². The molecule has 1 amide bonds. The fourth-order valence-electron chi connectivity index (χ4n) is 2.51. The largest absolute Gasteiger partial charge is 0.311 e. The van der Waals surface area contributed by atoms with Crippen LogP contribution in [0.2, 0.25) is 0 Å². The monoisotopic (exact) mass is 354 g/mol. The summed E-state index contributed by atoms with van der Waals surface area (Å²) in [6.07, 6.45) is 1.47. The summed E-state index contributed by atoms with van der Waals surface area (Å²) in [6.45, 7) is 10.3. The number of hydrogen-bond acceptors (Lipinski definition) is 3. The first-order chi connectivity index (χ1) is 11.1. The maximum absolute atomic E-state index is 12.1. The lowest BCUT2D eigenvalue weighted by molar-refractivity contribution is -0.116. The second kappa shape index (κ2) is 8.62. The number of unbranched alkanes of at least 4 members (excludes halogenated alkanes) is 1. The van der Waals surface area contributed by atoms with Crippen molar-refractivity contribution in [3.8, 4) is 0 Å². The molecule has 6 heteroatoms. The van der Waals surface area contributed by atoms with Crippen molar-refractivity contribution >= 4 is 21.6 Å². The van der Waals surface area contributed by atoms with Crippen molar-refractivity contribution in [2.45, 2.75) is 52.9 Å².